The molecule has 1 aromatic heterocycles. The number of amides is 1. The van der Waals surface area contributed by atoms with Crippen LogP contribution in [-0.4, -0.2) is 51.6 Å². The average molecular weight is 252 g/mol. The fourth-order valence-electron chi connectivity index (χ4n) is 1.58. The van der Waals surface area contributed by atoms with Gasteiger partial charge in [-0.2, -0.15) is 0 Å². The summed E-state index contributed by atoms with van der Waals surface area (Å²) >= 11 is 0. The number of aromatic nitrogens is 2. The maximum Gasteiger partial charge on any atom is 0.273 e. The third kappa shape index (κ3) is 4.29. The second-order valence-corrected chi connectivity index (χ2v) is 4.79. The molecule has 0 aromatic carbocycles. The minimum atomic E-state index is -0.933. The first-order chi connectivity index (χ1) is 8.33. The van der Waals surface area contributed by atoms with E-state index >= 15 is 0 Å². The Morgan fingerprint density at radius 1 is 1.50 bits per heavy atom. The molecule has 0 aliphatic carbocycles. The minimum Gasteiger partial charge on any atom is -0.389 e. The van der Waals surface area contributed by atoms with Crippen molar-refractivity contribution in [2.24, 2.45) is 0 Å². The molecule has 0 saturated heterocycles. The van der Waals surface area contributed by atoms with E-state index in [-0.39, 0.29) is 18.1 Å². The summed E-state index contributed by atoms with van der Waals surface area (Å²) in [5.74, 6) is 0.310. The molecule has 1 heterocycles. The number of anilines is 1. The second-order valence-electron chi connectivity index (χ2n) is 4.79. The molecule has 6 nitrogen and oxygen atoms in total. The van der Waals surface area contributed by atoms with E-state index in [1.807, 2.05) is 6.92 Å². The van der Waals surface area contributed by atoms with Crippen molar-refractivity contribution in [1.29, 1.82) is 0 Å². The van der Waals surface area contributed by atoms with Crippen LogP contribution in [0.1, 0.15) is 31.3 Å². The Hall–Kier alpha value is -1.69. The highest BCUT2D eigenvalue weighted by atomic mass is 16.3. The summed E-state index contributed by atoms with van der Waals surface area (Å²) in [7, 11) is 1.63. The predicted octanol–water partition coefficient (Wildman–Crippen LogP) is 0.751. The van der Waals surface area contributed by atoms with Crippen LogP contribution in [0.3, 0.4) is 0 Å². The van der Waals surface area contributed by atoms with E-state index in [0.717, 1.165) is 0 Å². The van der Waals surface area contributed by atoms with Gasteiger partial charge in [0.2, 0.25) is 0 Å². The molecule has 0 aliphatic rings. The molecular weight excluding hydrogens is 232 g/mol. The zero-order chi connectivity index (χ0) is 13.8. The maximum absolute atomic E-state index is 12.1. The van der Waals surface area contributed by atoms with Crippen LogP contribution < -0.4 is 5.32 Å². The molecule has 1 amide bonds. The molecule has 18 heavy (non-hydrogen) atoms. The van der Waals surface area contributed by atoms with Gasteiger partial charge < -0.3 is 15.3 Å². The Kier molecular flexibility index (Phi) is 4.61. The lowest BCUT2D eigenvalue weighted by Crippen LogP contribution is -2.40. The Balaban J connectivity index is 2.80. The Bertz CT molecular complexity index is 415. The molecule has 0 bridgehead atoms. The van der Waals surface area contributed by atoms with Crippen molar-refractivity contribution in [3.05, 3.63) is 18.1 Å². The molecule has 100 valence electrons. The third-order valence-corrected chi connectivity index (χ3v) is 2.18. The standard InChI is InChI=1S/C12H20N4O2/c1-5-14-10-7-13-6-9(15-10)11(17)16(4)8-12(2,3)18/h6-7,18H,5,8H2,1-4H3,(H,14,15). The molecule has 2 N–H and O–H groups in total. The van der Waals surface area contributed by atoms with Crippen LogP contribution in [0.25, 0.3) is 0 Å². The van der Waals surface area contributed by atoms with Gasteiger partial charge >= 0.3 is 0 Å². The van der Waals surface area contributed by atoms with Crippen LogP contribution in [0.5, 0.6) is 0 Å². The predicted molar refractivity (Wildman–Crippen MR) is 69.5 cm³/mol. The van der Waals surface area contributed by atoms with Gasteiger partial charge in [0.15, 0.2) is 0 Å². The van der Waals surface area contributed by atoms with Gasteiger partial charge in [-0.25, -0.2) is 4.98 Å². The largest absolute Gasteiger partial charge is 0.389 e. The number of hydrogen-bond donors (Lipinski definition) is 2. The lowest BCUT2D eigenvalue weighted by Gasteiger charge is -2.25. The van der Waals surface area contributed by atoms with Gasteiger partial charge in [-0.15, -0.1) is 0 Å². The number of likely N-dealkylation sites (N-methyl/N-ethyl adjacent to an activating group) is 1. The number of nitrogens with zero attached hydrogens (tertiary/aromatic N) is 3. The summed E-state index contributed by atoms with van der Waals surface area (Å²) in [5.41, 5.74) is -0.669. The smallest absolute Gasteiger partial charge is 0.273 e. The van der Waals surface area contributed by atoms with E-state index < -0.39 is 5.60 Å². The summed E-state index contributed by atoms with van der Waals surface area (Å²) in [4.78, 5) is 21.6. The maximum atomic E-state index is 12.1. The van der Waals surface area contributed by atoms with Gasteiger partial charge in [-0.05, 0) is 20.8 Å². The summed E-state index contributed by atoms with van der Waals surface area (Å²) in [6.07, 6.45) is 2.99. The highest BCUT2D eigenvalue weighted by molar-refractivity contribution is 5.92. The zero-order valence-corrected chi connectivity index (χ0v) is 11.3. The van der Waals surface area contributed by atoms with Crippen molar-refractivity contribution >= 4 is 11.7 Å². The average Bonchev–Trinajstić information content (AvgIpc) is 2.26. The van der Waals surface area contributed by atoms with Crippen LogP contribution in [0, 0.1) is 0 Å². The van der Waals surface area contributed by atoms with Crippen molar-refractivity contribution < 1.29 is 9.90 Å². The van der Waals surface area contributed by atoms with E-state index in [0.29, 0.717) is 12.4 Å². The summed E-state index contributed by atoms with van der Waals surface area (Å²) in [6, 6.07) is 0. The van der Waals surface area contributed by atoms with Crippen molar-refractivity contribution in [1.82, 2.24) is 14.9 Å². The van der Waals surface area contributed by atoms with Gasteiger partial charge in [0.05, 0.1) is 18.0 Å². The summed E-state index contributed by atoms with van der Waals surface area (Å²) in [6.45, 7) is 6.19. The molecule has 6 heteroatoms. The van der Waals surface area contributed by atoms with Crippen molar-refractivity contribution in [2.75, 3.05) is 25.5 Å². The molecule has 0 unspecified atom stereocenters. The monoisotopic (exact) mass is 252 g/mol. The highest BCUT2D eigenvalue weighted by Gasteiger charge is 2.21. The SMILES string of the molecule is CCNc1cncc(C(=O)N(C)CC(C)(C)O)n1. The fraction of sp³-hybridized carbons (Fsp3) is 0.583. The summed E-state index contributed by atoms with van der Waals surface area (Å²) in [5, 5.41) is 12.7. The number of rotatable bonds is 5. The molecule has 0 spiro atoms. The van der Waals surface area contributed by atoms with Gasteiger partial charge in [0.25, 0.3) is 5.91 Å². The topological polar surface area (TPSA) is 78.4 Å². The van der Waals surface area contributed by atoms with Crippen LogP contribution >= 0.6 is 0 Å². The molecule has 1 rings (SSSR count). The van der Waals surface area contributed by atoms with Gasteiger partial charge in [-0.3, -0.25) is 9.78 Å². The number of carbonyl (C=O) groups excluding carboxylic acids is 1. The summed E-state index contributed by atoms with van der Waals surface area (Å²) < 4.78 is 0. The van der Waals surface area contributed by atoms with Crippen LogP contribution in [-0.2, 0) is 0 Å². The molecule has 0 radical (unpaired) electrons. The first-order valence-electron chi connectivity index (χ1n) is 5.87. The van der Waals surface area contributed by atoms with E-state index in [9.17, 15) is 9.90 Å². The molecule has 0 atom stereocenters. The molecule has 0 saturated carbocycles. The number of hydrogen-bond acceptors (Lipinski definition) is 5. The highest BCUT2D eigenvalue weighted by Crippen LogP contribution is 2.08. The fourth-order valence-corrected chi connectivity index (χ4v) is 1.58. The van der Waals surface area contributed by atoms with Gasteiger partial charge in [0, 0.05) is 20.1 Å². The molecule has 1 aromatic rings. The normalized spacial score (nSPS) is 11.2. The Morgan fingerprint density at radius 3 is 2.72 bits per heavy atom. The van der Waals surface area contributed by atoms with Crippen LogP contribution in [0.15, 0.2) is 12.4 Å². The quantitative estimate of drug-likeness (QED) is 0.808. The number of aliphatic hydroxyl groups is 1. The van der Waals surface area contributed by atoms with Crippen LogP contribution in [0.2, 0.25) is 0 Å². The molecule has 0 fully saturated rings. The van der Waals surface area contributed by atoms with Crippen molar-refractivity contribution in [3.8, 4) is 0 Å². The Labute approximate surface area is 107 Å². The van der Waals surface area contributed by atoms with E-state index in [1.165, 1.54) is 11.1 Å². The number of carbonyl (C=O) groups is 1. The second kappa shape index (κ2) is 5.77. The molecule has 0 aliphatic heterocycles. The first kappa shape index (κ1) is 14.4. The Morgan fingerprint density at radius 2 is 2.17 bits per heavy atom. The van der Waals surface area contributed by atoms with E-state index in [2.05, 4.69) is 15.3 Å². The minimum absolute atomic E-state index is 0.235. The number of nitrogens with one attached hydrogen (secondary N) is 1. The molecular formula is C12H20N4O2. The van der Waals surface area contributed by atoms with E-state index in [1.54, 1.807) is 27.1 Å². The zero-order valence-electron chi connectivity index (χ0n) is 11.3. The van der Waals surface area contributed by atoms with Gasteiger partial charge in [0.1, 0.15) is 11.5 Å². The lowest BCUT2D eigenvalue weighted by molar-refractivity contribution is 0.0364. The third-order valence-electron chi connectivity index (χ3n) is 2.18. The van der Waals surface area contributed by atoms with Crippen LogP contribution in [0.4, 0.5) is 5.82 Å². The van der Waals surface area contributed by atoms with Crippen molar-refractivity contribution in [2.45, 2.75) is 26.4 Å². The van der Waals surface area contributed by atoms with Gasteiger partial charge in [-0.1, -0.05) is 0 Å². The lowest BCUT2D eigenvalue weighted by atomic mass is 10.1. The van der Waals surface area contributed by atoms with E-state index in [4.69, 9.17) is 0 Å². The first-order valence-corrected chi connectivity index (χ1v) is 5.87. The van der Waals surface area contributed by atoms with Crippen molar-refractivity contribution in [3.63, 3.8) is 0 Å².